The van der Waals surface area contributed by atoms with Crippen molar-refractivity contribution in [2.45, 2.75) is 32.1 Å². The van der Waals surface area contributed by atoms with Gasteiger partial charge in [0, 0.05) is 0 Å². The Balaban J connectivity index is 2.34. The zero-order chi connectivity index (χ0) is 8.55. The van der Waals surface area contributed by atoms with Gasteiger partial charge in [0.15, 0.2) is 0 Å². The van der Waals surface area contributed by atoms with Gasteiger partial charge in [-0.2, -0.15) is 0 Å². The summed E-state index contributed by atoms with van der Waals surface area (Å²) in [6.07, 6.45) is 3.60. The van der Waals surface area contributed by atoms with E-state index in [9.17, 15) is 4.39 Å². The highest BCUT2D eigenvalue weighted by Gasteiger charge is 2.22. The van der Waals surface area contributed by atoms with Gasteiger partial charge in [0.1, 0.15) is 5.82 Å². The van der Waals surface area contributed by atoms with Gasteiger partial charge in [-0.15, -0.1) is 0 Å². The SMILES string of the molecule is Cc1ccc(F)c(C2CCC2)c1. The van der Waals surface area contributed by atoms with Crippen molar-refractivity contribution in [3.8, 4) is 0 Å². The number of aryl methyl sites for hydroxylation is 1. The first-order valence-corrected chi connectivity index (χ1v) is 4.53. The first-order valence-electron chi connectivity index (χ1n) is 4.53. The fourth-order valence-corrected chi connectivity index (χ4v) is 1.70. The third kappa shape index (κ3) is 1.24. The van der Waals surface area contributed by atoms with Crippen LogP contribution in [0.1, 0.15) is 36.3 Å². The summed E-state index contributed by atoms with van der Waals surface area (Å²) >= 11 is 0. The molecule has 0 N–H and O–H groups in total. The molecule has 1 heteroatoms. The number of hydrogen-bond donors (Lipinski definition) is 0. The Morgan fingerprint density at radius 1 is 1.33 bits per heavy atom. The number of hydrogen-bond acceptors (Lipinski definition) is 0. The minimum atomic E-state index is -0.0229. The summed E-state index contributed by atoms with van der Waals surface area (Å²) in [5.74, 6) is 0.482. The van der Waals surface area contributed by atoms with Gasteiger partial charge in [0.25, 0.3) is 0 Å². The molecular formula is C11H13F. The monoisotopic (exact) mass is 164 g/mol. The van der Waals surface area contributed by atoms with Crippen LogP contribution >= 0.6 is 0 Å². The Kier molecular flexibility index (Phi) is 1.87. The molecule has 0 amide bonds. The second-order valence-electron chi connectivity index (χ2n) is 3.65. The van der Waals surface area contributed by atoms with Gasteiger partial charge in [-0.05, 0) is 37.3 Å². The molecule has 0 heterocycles. The Morgan fingerprint density at radius 2 is 2.08 bits per heavy atom. The topological polar surface area (TPSA) is 0 Å². The van der Waals surface area contributed by atoms with Gasteiger partial charge >= 0.3 is 0 Å². The molecule has 0 bridgehead atoms. The van der Waals surface area contributed by atoms with Crippen LogP contribution in [0.4, 0.5) is 4.39 Å². The van der Waals surface area contributed by atoms with Crippen molar-refractivity contribution in [1.82, 2.24) is 0 Å². The molecular weight excluding hydrogens is 151 g/mol. The molecule has 64 valence electrons. The van der Waals surface area contributed by atoms with Crippen molar-refractivity contribution < 1.29 is 4.39 Å². The van der Waals surface area contributed by atoms with Crippen molar-refractivity contribution in [2.24, 2.45) is 0 Å². The van der Waals surface area contributed by atoms with Crippen LogP contribution in [0.5, 0.6) is 0 Å². The van der Waals surface area contributed by atoms with Crippen LogP contribution in [0.25, 0.3) is 0 Å². The van der Waals surface area contributed by atoms with Crippen molar-refractivity contribution >= 4 is 0 Å². The minimum absolute atomic E-state index is 0.0229. The highest BCUT2D eigenvalue weighted by molar-refractivity contribution is 5.28. The third-order valence-corrected chi connectivity index (χ3v) is 2.70. The average Bonchev–Trinajstić information content (AvgIpc) is 1.93. The van der Waals surface area contributed by atoms with Gasteiger partial charge in [0.2, 0.25) is 0 Å². The number of rotatable bonds is 1. The fourth-order valence-electron chi connectivity index (χ4n) is 1.70. The van der Waals surface area contributed by atoms with E-state index in [2.05, 4.69) is 0 Å². The average molecular weight is 164 g/mol. The lowest BCUT2D eigenvalue weighted by Gasteiger charge is -2.26. The van der Waals surface area contributed by atoms with Crippen LogP contribution < -0.4 is 0 Å². The molecule has 0 nitrogen and oxygen atoms in total. The molecule has 0 spiro atoms. The van der Waals surface area contributed by atoms with Gasteiger partial charge in [-0.25, -0.2) is 4.39 Å². The number of benzene rings is 1. The standard InChI is InChI=1S/C11H13F/c1-8-5-6-11(12)10(7-8)9-3-2-4-9/h5-7,9H,2-4H2,1H3. The third-order valence-electron chi connectivity index (χ3n) is 2.70. The van der Waals surface area contributed by atoms with Crippen LogP contribution in [-0.4, -0.2) is 0 Å². The predicted octanol–water partition coefficient (Wildman–Crippen LogP) is 3.40. The summed E-state index contributed by atoms with van der Waals surface area (Å²) in [6.45, 7) is 2.02. The Bertz CT molecular complexity index is 287. The molecule has 0 atom stereocenters. The van der Waals surface area contributed by atoms with Crippen molar-refractivity contribution in [3.63, 3.8) is 0 Å². The lowest BCUT2D eigenvalue weighted by atomic mass is 9.79. The van der Waals surface area contributed by atoms with E-state index in [0.29, 0.717) is 5.92 Å². The maximum absolute atomic E-state index is 13.2. The van der Waals surface area contributed by atoms with Gasteiger partial charge < -0.3 is 0 Å². The predicted molar refractivity (Wildman–Crippen MR) is 47.7 cm³/mol. The number of halogens is 1. The second kappa shape index (κ2) is 2.89. The smallest absolute Gasteiger partial charge is 0.126 e. The van der Waals surface area contributed by atoms with E-state index in [0.717, 1.165) is 5.56 Å². The van der Waals surface area contributed by atoms with Crippen molar-refractivity contribution in [3.05, 3.63) is 35.1 Å². The van der Waals surface area contributed by atoms with Crippen LogP contribution in [0.15, 0.2) is 18.2 Å². The summed E-state index contributed by atoms with van der Waals surface area (Å²) in [4.78, 5) is 0. The van der Waals surface area contributed by atoms with Gasteiger partial charge in [-0.1, -0.05) is 24.1 Å². The summed E-state index contributed by atoms with van der Waals surface area (Å²) in [5.41, 5.74) is 2.10. The molecule has 0 aromatic heterocycles. The van der Waals surface area contributed by atoms with E-state index in [1.807, 2.05) is 19.1 Å². The molecule has 2 rings (SSSR count). The first kappa shape index (κ1) is 7.78. The normalized spacial score (nSPS) is 17.5. The Hall–Kier alpha value is -0.850. The van der Waals surface area contributed by atoms with E-state index in [1.165, 1.54) is 24.8 Å². The highest BCUT2D eigenvalue weighted by Crippen LogP contribution is 2.37. The van der Waals surface area contributed by atoms with Crippen molar-refractivity contribution in [2.75, 3.05) is 0 Å². The Labute approximate surface area is 72.4 Å². The van der Waals surface area contributed by atoms with Gasteiger partial charge in [-0.3, -0.25) is 0 Å². The highest BCUT2D eigenvalue weighted by atomic mass is 19.1. The molecule has 0 saturated heterocycles. The molecule has 1 aromatic carbocycles. The van der Waals surface area contributed by atoms with Crippen LogP contribution in [0, 0.1) is 12.7 Å². The molecule has 12 heavy (non-hydrogen) atoms. The maximum Gasteiger partial charge on any atom is 0.126 e. The molecule has 1 aliphatic rings. The van der Waals surface area contributed by atoms with Crippen LogP contribution in [-0.2, 0) is 0 Å². The minimum Gasteiger partial charge on any atom is -0.207 e. The maximum atomic E-state index is 13.2. The molecule has 1 aliphatic carbocycles. The van der Waals surface area contributed by atoms with E-state index < -0.39 is 0 Å². The molecule has 1 fully saturated rings. The summed E-state index contributed by atoms with van der Waals surface area (Å²) in [7, 11) is 0. The van der Waals surface area contributed by atoms with Crippen molar-refractivity contribution in [1.29, 1.82) is 0 Å². The zero-order valence-electron chi connectivity index (χ0n) is 7.31. The largest absolute Gasteiger partial charge is 0.207 e. The van der Waals surface area contributed by atoms with Crippen LogP contribution in [0.3, 0.4) is 0 Å². The van der Waals surface area contributed by atoms with E-state index in [-0.39, 0.29) is 5.82 Å². The summed E-state index contributed by atoms with van der Waals surface area (Å²) in [5, 5.41) is 0. The second-order valence-corrected chi connectivity index (χ2v) is 3.65. The van der Waals surface area contributed by atoms with E-state index in [4.69, 9.17) is 0 Å². The molecule has 0 radical (unpaired) electrons. The van der Waals surface area contributed by atoms with E-state index in [1.54, 1.807) is 6.07 Å². The summed E-state index contributed by atoms with van der Waals surface area (Å²) in [6, 6.07) is 5.40. The van der Waals surface area contributed by atoms with Crippen LogP contribution in [0.2, 0.25) is 0 Å². The van der Waals surface area contributed by atoms with E-state index >= 15 is 0 Å². The van der Waals surface area contributed by atoms with Gasteiger partial charge in [0.05, 0.1) is 0 Å². The zero-order valence-corrected chi connectivity index (χ0v) is 7.31. The molecule has 1 aromatic rings. The lowest BCUT2D eigenvalue weighted by molar-refractivity contribution is 0.404. The first-order chi connectivity index (χ1) is 5.77. The molecule has 0 aliphatic heterocycles. The Morgan fingerprint density at radius 3 is 2.67 bits per heavy atom. The quantitative estimate of drug-likeness (QED) is 0.596. The summed E-state index contributed by atoms with van der Waals surface area (Å²) < 4.78 is 13.2. The fraction of sp³-hybridized carbons (Fsp3) is 0.455. The molecule has 0 unspecified atom stereocenters. The molecule has 1 saturated carbocycles. The lowest BCUT2D eigenvalue weighted by Crippen LogP contribution is -2.10.